The van der Waals surface area contributed by atoms with Crippen LogP contribution in [-0.2, 0) is 4.79 Å². The van der Waals surface area contributed by atoms with Crippen LogP contribution in [0.3, 0.4) is 0 Å². The largest absolute Gasteiger partial charge is 0.433 e. The Morgan fingerprint density at radius 3 is 2.52 bits per heavy atom. The van der Waals surface area contributed by atoms with E-state index in [0.29, 0.717) is 10.9 Å². The topological polar surface area (TPSA) is 73.2 Å². The quantitative estimate of drug-likeness (QED) is 0.308. The van der Waals surface area contributed by atoms with Gasteiger partial charge in [-0.25, -0.2) is 9.37 Å². The number of hydrogen-bond acceptors (Lipinski definition) is 5. The molecule has 1 amide bonds. The number of carbonyl (C=O) groups is 1. The van der Waals surface area contributed by atoms with Gasteiger partial charge in [0.2, 0.25) is 5.91 Å². The molecule has 0 radical (unpaired) electrons. The zero-order valence-electron chi connectivity index (χ0n) is 16.9. The van der Waals surface area contributed by atoms with E-state index in [1.165, 1.54) is 36.4 Å². The van der Waals surface area contributed by atoms with Crippen LogP contribution in [0.2, 0.25) is 0 Å². The Balaban J connectivity index is 1.64. The van der Waals surface area contributed by atoms with Crippen molar-refractivity contribution in [3.63, 3.8) is 0 Å². The van der Waals surface area contributed by atoms with Gasteiger partial charge in [-0.2, -0.15) is 8.78 Å². The Kier molecular flexibility index (Phi) is 6.64. The minimum atomic E-state index is -3.05. The highest BCUT2D eigenvalue weighted by Crippen LogP contribution is 2.27. The number of para-hydroxylation sites is 4. The number of rotatable bonds is 7. The average molecular weight is 471 g/mol. The summed E-state index contributed by atoms with van der Waals surface area (Å²) < 4.78 is 45.2. The summed E-state index contributed by atoms with van der Waals surface area (Å²) in [6, 6.07) is 18.1. The third kappa shape index (κ3) is 5.01. The molecule has 0 saturated heterocycles. The molecule has 0 aliphatic heterocycles. The zero-order chi connectivity index (χ0) is 23.4. The predicted octanol–water partition coefficient (Wildman–Crippen LogP) is 4.86. The van der Waals surface area contributed by atoms with Crippen LogP contribution < -0.4 is 15.6 Å². The van der Waals surface area contributed by atoms with Crippen LogP contribution in [0.5, 0.6) is 5.75 Å². The molecule has 10 heteroatoms. The first-order chi connectivity index (χ1) is 15.9. The van der Waals surface area contributed by atoms with Gasteiger partial charge in [-0.15, -0.1) is 0 Å². The lowest BCUT2D eigenvalue weighted by molar-refractivity contribution is -0.113. The molecule has 4 aromatic rings. The summed E-state index contributed by atoms with van der Waals surface area (Å²) in [5.74, 6) is -1.57. The molecule has 0 aliphatic carbocycles. The number of alkyl halides is 2. The van der Waals surface area contributed by atoms with E-state index < -0.39 is 23.9 Å². The lowest BCUT2D eigenvalue weighted by Crippen LogP contribution is -2.23. The van der Waals surface area contributed by atoms with Gasteiger partial charge in [-0.3, -0.25) is 14.2 Å². The maximum atomic E-state index is 14.5. The van der Waals surface area contributed by atoms with Crippen molar-refractivity contribution in [2.75, 3.05) is 11.1 Å². The van der Waals surface area contributed by atoms with E-state index in [2.05, 4.69) is 15.0 Å². The maximum absolute atomic E-state index is 14.5. The van der Waals surface area contributed by atoms with Gasteiger partial charge >= 0.3 is 6.61 Å². The van der Waals surface area contributed by atoms with Crippen molar-refractivity contribution in [2.24, 2.45) is 0 Å². The number of nitrogens with zero attached hydrogens (tertiary/aromatic N) is 2. The van der Waals surface area contributed by atoms with Crippen molar-refractivity contribution < 1.29 is 22.7 Å². The number of fused-ring (bicyclic) bond motifs is 1. The number of amides is 1. The fraction of sp³-hybridized carbons (Fsp3) is 0.0870. The van der Waals surface area contributed by atoms with Gasteiger partial charge in [0.25, 0.3) is 5.56 Å². The number of ether oxygens (including phenoxy) is 1. The van der Waals surface area contributed by atoms with Gasteiger partial charge < -0.3 is 10.1 Å². The molecule has 168 valence electrons. The molecule has 3 aromatic carbocycles. The molecule has 0 saturated carbocycles. The first-order valence-electron chi connectivity index (χ1n) is 9.67. The van der Waals surface area contributed by atoms with Gasteiger partial charge in [-0.1, -0.05) is 48.2 Å². The first kappa shape index (κ1) is 22.4. The normalized spacial score (nSPS) is 11.0. The van der Waals surface area contributed by atoms with Crippen molar-refractivity contribution >= 4 is 34.3 Å². The van der Waals surface area contributed by atoms with Crippen molar-refractivity contribution in [2.45, 2.75) is 11.8 Å². The Morgan fingerprint density at radius 1 is 1.03 bits per heavy atom. The molecule has 0 aliphatic rings. The highest BCUT2D eigenvalue weighted by Gasteiger charge is 2.18. The molecule has 1 aromatic heterocycles. The Bertz CT molecular complexity index is 1380. The van der Waals surface area contributed by atoms with Crippen LogP contribution in [-0.4, -0.2) is 27.8 Å². The van der Waals surface area contributed by atoms with Gasteiger partial charge in [0.05, 0.1) is 28.0 Å². The molecule has 1 heterocycles. The standard InChI is InChI=1S/C23H16F3N3O3S/c24-15-8-2-5-11-18(15)29-21(31)14-7-1-3-9-16(14)28-23(29)33-13-20(30)27-17-10-4-6-12-19(17)32-22(25)26/h1-12,22H,13H2,(H,27,30). The third-order valence-corrected chi connectivity index (χ3v) is 5.49. The van der Waals surface area contributed by atoms with Crippen LogP contribution >= 0.6 is 11.8 Å². The second-order valence-corrected chi connectivity index (χ2v) is 7.66. The van der Waals surface area contributed by atoms with Gasteiger partial charge in [-0.05, 0) is 36.4 Å². The molecular weight excluding hydrogens is 455 g/mol. The van der Waals surface area contributed by atoms with E-state index in [4.69, 9.17) is 0 Å². The Morgan fingerprint density at radius 2 is 1.73 bits per heavy atom. The Hall–Kier alpha value is -3.79. The summed E-state index contributed by atoms with van der Waals surface area (Å²) in [6.07, 6.45) is 0. The SMILES string of the molecule is O=C(CSc1nc2ccccc2c(=O)n1-c1ccccc1F)Nc1ccccc1OC(F)F. The minimum absolute atomic E-state index is 0.000611. The number of thioether (sulfide) groups is 1. The second kappa shape index (κ2) is 9.78. The van der Waals surface area contributed by atoms with E-state index >= 15 is 0 Å². The van der Waals surface area contributed by atoms with Crippen LogP contribution in [0.15, 0.2) is 82.7 Å². The predicted molar refractivity (Wildman–Crippen MR) is 120 cm³/mol. The zero-order valence-corrected chi connectivity index (χ0v) is 17.7. The molecule has 4 rings (SSSR count). The molecule has 33 heavy (non-hydrogen) atoms. The summed E-state index contributed by atoms with van der Waals surface area (Å²) in [4.78, 5) is 30.1. The summed E-state index contributed by atoms with van der Waals surface area (Å²) in [5.41, 5.74) is -0.0151. The van der Waals surface area contributed by atoms with Crippen molar-refractivity contribution in [3.8, 4) is 11.4 Å². The maximum Gasteiger partial charge on any atom is 0.387 e. The highest BCUT2D eigenvalue weighted by molar-refractivity contribution is 7.99. The van der Waals surface area contributed by atoms with E-state index in [1.807, 2.05) is 0 Å². The number of halogens is 3. The molecule has 6 nitrogen and oxygen atoms in total. The Labute approximate surface area is 190 Å². The summed E-state index contributed by atoms with van der Waals surface area (Å²) in [5, 5.41) is 2.91. The number of aromatic nitrogens is 2. The third-order valence-electron chi connectivity index (χ3n) is 4.55. The summed E-state index contributed by atoms with van der Waals surface area (Å²) in [6.45, 7) is -3.05. The molecular formula is C23H16F3N3O3S. The molecule has 0 bridgehead atoms. The van der Waals surface area contributed by atoms with Gasteiger partial charge in [0.15, 0.2) is 5.16 Å². The molecule has 1 N–H and O–H groups in total. The number of hydrogen-bond donors (Lipinski definition) is 1. The number of anilines is 1. The van der Waals surface area contributed by atoms with Crippen molar-refractivity contribution in [3.05, 3.63) is 89.0 Å². The smallest absolute Gasteiger partial charge is 0.387 e. The lowest BCUT2D eigenvalue weighted by Gasteiger charge is -2.14. The van der Waals surface area contributed by atoms with Gasteiger partial charge in [0.1, 0.15) is 11.6 Å². The van der Waals surface area contributed by atoms with Gasteiger partial charge in [0, 0.05) is 0 Å². The van der Waals surface area contributed by atoms with E-state index in [-0.39, 0.29) is 28.0 Å². The van der Waals surface area contributed by atoms with Crippen LogP contribution in [0.4, 0.5) is 18.9 Å². The van der Waals surface area contributed by atoms with Crippen LogP contribution in [0.1, 0.15) is 0 Å². The molecule has 0 spiro atoms. The fourth-order valence-corrected chi connectivity index (χ4v) is 3.95. The average Bonchev–Trinajstić information content (AvgIpc) is 2.80. The van der Waals surface area contributed by atoms with E-state index in [9.17, 15) is 22.8 Å². The first-order valence-corrected chi connectivity index (χ1v) is 10.7. The number of carbonyl (C=O) groups excluding carboxylic acids is 1. The summed E-state index contributed by atoms with van der Waals surface area (Å²) in [7, 11) is 0. The minimum Gasteiger partial charge on any atom is -0.433 e. The fourth-order valence-electron chi connectivity index (χ4n) is 3.14. The molecule has 0 atom stereocenters. The van der Waals surface area contributed by atoms with E-state index in [0.717, 1.165) is 16.3 Å². The lowest BCUT2D eigenvalue weighted by atomic mass is 10.2. The van der Waals surface area contributed by atoms with E-state index in [1.54, 1.807) is 36.4 Å². The molecule has 0 fully saturated rings. The summed E-state index contributed by atoms with van der Waals surface area (Å²) >= 11 is 0.911. The number of benzene rings is 3. The van der Waals surface area contributed by atoms with Crippen LogP contribution in [0, 0.1) is 5.82 Å². The van der Waals surface area contributed by atoms with Crippen molar-refractivity contribution in [1.82, 2.24) is 9.55 Å². The van der Waals surface area contributed by atoms with Crippen LogP contribution in [0.25, 0.3) is 16.6 Å². The molecule has 0 unspecified atom stereocenters. The number of nitrogens with one attached hydrogen (secondary N) is 1. The monoisotopic (exact) mass is 471 g/mol. The highest BCUT2D eigenvalue weighted by atomic mass is 32.2. The van der Waals surface area contributed by atoms with Crippen molar-refractivity contribution in [1.29, 1.82) is 0 Å². The second-order valence-electron chi connectivity index (χ2n) is 6.72.